The predicted molar refractivity (Wildman–Crippen MR) is 83.5 cm³/mol. The zero-order chi connectivity index (χ0) is 16.3. The molecule has 6 heteroatoms. The highest BCUT2D eigenvalue weighted by atomic mass is 16.2. The molecule has 0 bridgehead atoms. The maximum Gasteiger partial charge on any atom is 0.326 e. The van der Waals surface area contributed by atoms with Crippen LogP contribution in [0.5, 0.6) is 0 Å². The Morgan fingerprint density at radius 3 is 2.55 bits per heavy atom. The molecule has 1 N–H and O–H groups in total. The number of nitrogens with one attached hydrogen (secondary N) is 1. The number of imide groups is 1. The first-order valence-corrected chi connectivity index (χ1v) is 7.31. The molecule has 0 unspecified atom stereocenters. The van der Waals surface area contributed by atoms with Crippen LogP contribution in [0.3, 0.4) is 0 Å². The molecule has 1 aromatic carbocycles. The van der Waals surface area contributed by atoms with Gasteiger partial charge in [0, 0.05) is 25.7 Å². The summed E-state index contributed by atoms with van der Waals surface area (Å²) in [6.07, 6.45) is 0.732. The molecule has 6 nitrogen and oxygen atoms in total. The number of hydrogen-bond donors (Lipinski definition) is 1. The average Bonchev–Trinajstić information content (AvgIpc) is 2.69. The molecule has 0 radical (unpaired) electrons. The van der Waals surface area contributed by atoms with Gasteiger partial charge in [-0.3, -0.25) is 14.5 Å². The number of hydrogen-bond acceptors (Lipinski definition) is 3. The van der Waals surface area contributed by atoms with E-state index in [9.17, 15) is 14.4 Å². The minimum atomic E-state index is -0.292. The van der Waals surface area contributed by atoms with Crippen molar-refractivity contribution in [3.8, 4) is 0 Å². The summed E-state index contributed by atoms with van der Waals surface area (Å²) in [6.45, 7) is 4.41. The molecule has 118 valence electrons. The summed E-state index contributed by atoms with van der Waals surface area (Å²) < 4.78 is 0. The predicted octanol–water partition coefficient (Wildman–Crippen LogP) is 1.92. The van der Waals surface area contributed by atoms with Crippen LogP contribution in [-0.2, 0) is 9.59 Å². The van der Waals surface area contributed by atoms with Crippen LogP contribution in [0.1, 0.15) is 24.0 Å². The third kappa shape index (κ3) is 3.63. The summed E-state index contributed by atoms with van der Waals surface area (Å²) in [7, 11) is 1.59. The van der Waals surface area contributed by atoms with E-state index < -0.39 is 0 Å². The Labute approximate surface area is 130 Å². The molecule has 0 saturated carbocycles. The molecule has 0 aliphatic carbocycles. The molecule has 1 saturated heterocycles. The van der Waals surface area contributed by atoms with Gasteiger partial charge in [-0.1, -0.05) is 6.07 Å². The van der Waals surface area contributed by atoms with Gasteiger partial charge in [0.1, 0.15) is 6.54 Å². The van der Waals surface area contributed by atoms with Gasteiger partial charge in [0.2, 0.25) is 11.8 Å². The van der Waals surface area contributed by atoms with Gasteiger partial charge >= 0.3 is 6.03 Å². The van der Waals surface area contributed by atoms with Gasteiger partial charge in [0.05, 0.1) is 0 Å². The highest BCUT2D eigenvalue weighted by Gasteiger charge is 2.32. The molecular formula is C16H21N3O3. The summed E-state index contributed by atoms with van der Waals surface area (Å²) in [4.78, 5) is 37.7. The number of benzene rings is 1. The average molecular weight is 303 g/mol. The van der Waals surface area contributed by atoms with Crippen LogP contribution in [0, 0.1) is 13.8 Å². The Morgan fingerprint density at radius 2 is 1.95 bits per heavy atom. The highest BCUT2D eigenvalue weighted by molar-refractivity contribution is 6.01. The Bertz CT molecular complexity index is 613. The lowest BCUT2D eigenvalue weighted by atomic mass is 10.1. The van der Waals surface area contributed by atoms with Gasteiger partial charge in [-0.05, 0) is 43.5 Å². The molecular weight excluding hydrogens is 282 g/mol. The lowest BCUT2D eigenvalue weighted by Gasteiger charge is -2.13. The maximum atomic E-state index is 11.9. The summed E-state index contributed by atoms with van der Waals surface area (Å²) in [5.41, 5.74) is 3.06. The molecule has 1 aliphatic heterocycles. The number of carbonyl (C=O) groups excluding carboxylic acids is 3. The van der Waals surface area contributed by atoms with Crippen molar-refractivity contribution in [2.24, 2.45) is 0 Å². The Kier molecular flexibility index (Phi) is 4.80. The number of nitrogens with zero attached hydrogens (tertiary/aromatic N) is 2. The third-order valence-corrected chi connectivity index (χ3v) is 3.81. The molecule has 22 heavy (non-hydrogen) atoms. The monoisotopic (exact) mass is 303 g/mol. The number of likely N-dealkylation sites (N-methyl/N-ethyl adjacent to an activating group) is 1. The summed E-state index contributed by atoms with van der Waals surface area (Å²) in [5.74, 6) is -0.322. The van der Waals surface area contributed by atoms with Crippen molar-refractivity contribution in [2.45, 2.75) is 26.7 Å². The van der Waals surface area contributed by atoms with Crippen molar-refractivity contribution < 1.29 is 14.4 Å². The normalized spacial score (nSPS) is 14.7. The van der Waals surface area contributed by atoms with Crippen molar-refractivity contribution >= 4 is 23.5 Å². The summed E-state index contributed by atoms with van der Waals surface area (Å²) >= 11 is 0. The SMILES string of the molecule is Cc1ccc(NC(=O)CCCN2C(=O)CN(C)C2=O)cc1C. The second-order valence-corrected chi connectivity index (χ2v) is 5.63. The van der Waals surface area contributed by atoms with Gasteiger partial charge < -0.3 is 10.2 Å². The van der Waals surface area contributed by atoms with Gasteiger partial charge in [-0.25, -0.2) is 4.79 Å². The highest BCUT2D eigenvalue weighted by Crippen LogP contribution is 2.15. The molecule has 1 heterocycles. The lowest BCUT2D eigenvalue weighted by molar-refractivity contribution is -0.125. The van der Waals surface area contributed by atoms with E-state index in [2.05, 4.69) is 5.32 Å². The molecule has 0 spiro atoms. The molecule has 1 aliphatic rings. The molecule has 0 aromatic heterocycles. The van der Waals surface area contributed by atoms with Crippen LogP contribution in [0.4, 0.5) is 10.5 Å². The molecule has 2 rings (SSSR count). The van der Waals surface area contributed by atoms with Gasteiger partial charge in [0.25, 0.3) is 0 Å². The molecule has 1 fully saturated rings. The quantitative estimate of drug-likeness (QED) is 0.845. The second-order valence-electron chi connectivity index (χ2n) is 5.63. The number of aryl methyl sites for hydroxylation is 2. The first-order chi connectivity index (χ1) is 10.4. The van der Waals surface area contributed by atoms with Gasteiger partial charge in [-0.15, -0.1) is 0 Å². The van der Waals surface area contributed by atoms with Crippen LogP contribution in [0.2, 0.25) is 0 Å². The standard InChI is InChI=1S/C16H21N3O3/c1-11-6-7-13(9-12(11)2)17-14(20)5-4-8-19-15(21)10-18(3)16(19)22/h6-7,9H,4-5,8,10H2,1-3H3,(H,17,20). The number of urea groups is 1. The Morgan fingerprint density at radius 1 is 1.23 bits per heavy atom. The van der Waals surface area contributed by atoms with E-state index in [-0.39, 0.29) is 37.4 Å². The summed E-state index contributed by atoms with van der Waals surface area (Å²) in [5, 5.41) is 2.83. The van der Waals surface area contributed by atoms with Crippen LogP contribution in [0.15, 0.2) is 18.2 Å². The first-order valence-electron chi connectivity index (χ1n) is 7.31. The van der Waals surface area contributed by atoms with Gasteiger partial charge in [-0.2, -0.15) is 0 Å². The smallest absolute Gasteiger partial charge is 0.326 e. The molecule has 4 amide bonds. The van der Waals surface area contributed by atoms with E-state index in [4.69, 9.17) is 0 Å². The Hall–Kier alpha value is -2.37. The van der Waals surface area contributed by atoms with Crippen LogP contribution in [-0.4, -0.2) is 47.8 Å². The van der Waals surface area contributed by atoms with Crippen molar-refractivity contribution in [1.29, 1.82) is 0 Å². The van der Waals surface area contributed by atoms with E-state index in [1.165, 1.54) is 15.4 Å². The zero-order valence-corrected chi connectivity index (χ0v) is 13.2. The second kappa shape index (κ2) is 6.60. The number of anilines is 1. The number of amides is 4. The van der Waals surface area contributed by atoms with E-state index in [1.54, 1.807) is 7.05 Å². The first kappa shape index (κ1) is 16.0. The fourth-order valence-corrected chi connectivity index (χ4v) is 2.33. The van der Waals surface area contributed by atoms with Crippen LogP contribution in [0.25, 0.3) is 0 Å². The van der Waals surface area contributed by atoms with Crippen LogP contribution < -0.4 is 5.32 Å². The Balaban J connectivity index is 1.79. The van der Waals surface area contributed by atoms with E-state index in [0.29, 0.717) is 6.42 Å². The summed E-state index contributed by atoms with van der Waals surface area (Å²) in [6, 6.07) is 5.46. The maximum absolute atomic E-state index is 11.9. The zero-order valence-electron chi connectivity index (χ0n) is 13.2. The van der Waals surface area contributed by atoms with E-state index in [0.717, 1.165) is 11.3 Å². The van der Waals surface area contributed by atoms with Crippen molar-refractivity contribution in [2.75, 3.05) is 25.5 Å². The fraction of sp³-hybridized carbons (Fsp3) is 0.438. The number of rotatable bonds is 5. The minimum Gasteiger partial charge on any atom is -0.326 e. The van der Waals surface area contributed by atoms with E-state index in [1.807, 2.05) is 32.0 Å². The fourth-order valence-electron chi connectivity index (χ4n) is 2.33. The number of carbonyl (C=O) groups is 3. The van der Waals surface area contributed by atoms with Gasteiger partial charge in [0.15, 0.2) is 0 Å². The van der Waals surface area contributed by atoms with Crippen molar-refractivity contribution in [3.05, 3.63) is 29.3 Å². The molecule has 0 atom stereocenters. The lowest BCUT2D eigenvalue weighted by Crippen LogP contribution is -2.32. The van der Waals surface area contributed by atoms with E-state index >= 15 is 0 Å². The van der Waals surface area contributed by atoms with Crippen molar-refractivity contribution in [3.63, 3.8) is 0 Å². The molecule has 1 aromatic rings. The largest absolute Gasteiger partial charge is 0.326 e. The minimum absolute atomic E-state index is 0.115. The van der Waals surface area contributed by atoms with Crippen molar-refractivity contribution in [1.82, 2.24) is 9.80 Å². The van der Waals surface area contributed by atoms with Crippen LogP contribution >= 0.6 is 0 Å². The topological polar surface area (TPSA) is 69.7 Å². The third-order valence-electron chi connectivity index (χ3n) is 3.81.